The van der Waals surface area contributed by atoms with Crippen molar-refractivity contribution in [3.63, 3.8) is 0 Å². The topological polar surface area (TPSA) is 97.9 Å². The van der Waals surface area contributed by atoms with E-state index in [1.807, 2.05) is 12.1 Å². The van der Waals surface area contributed by atoms with Crippen molar-refractivity contribution in [2.75, 3.05) is 38.2 Å². The highest BCUT2D eigenvalue weighted by Crippen LogP contribution is 2.16. The van der Waals surface area contributed by atoms with Crippen molar-refractivity contribution in [3.05, 3.63) is 69.8 Å². The third-order valence-corrected chi connectivity index (χ3v) is 4.68. The number of morpholine rings is 1. The monoisotopic (exact) mass is 385 g/mol. The minimum Gasteiger partial charge on any atom is -0.376 e. The van der Waals surface area contributed by atoms with E-state index in [9.17, 15) is 14.9 Å². The number of quaternary nitrogens is 1. The largest absolute Gasteiger partial charge is 0.376 e. The maximum atomic E-state index is 12.0. The maximum absolute atomic E-state index is 12.0. The fraction of sp³-hybridized carbons (Fsp3) is 0.350. The molecule has 1 aliphatic heterocycles. The second kappa shape index (κ2) is 9.82. The minimum absolute atomic E-state index is 0.00980. The van der Waals surface area contributed by atoms with Crippen LogP contribution >= 0.6 is 0 Å². The first-order chi connectivity index (χ1) is 13.6. The number of nitrogens with one attached hydrogen (secondary N) is 3. The molecule has 3 N–H and O–H groups in total. The van der Waals surface area contributed by atoms with Crippen LogP contribution in [0.2, 0.25) is 0 Å². The number of benzene rings is 2. The molecule has 2 aromatic carbocycles. The van der Waals surface area contributed by atoms with E-state index in [-0.39, 0.29) is 18.1 Å². The van der Waals surface area contributed by atoms with Gasteiger partial charge in [-0.25, -0.2) is 0 Å². The Balaban J connectivity index is 1.41. The predicted molar refractivity (Wildman–Crippen MR) is 105 cm³/mol. The summed E-state index contributed by atoms with van der Waals surface area (Å²) in [7, 11) is 0. The lowest BCUT2D eigenvalue weighted by molar-refractivity contribution is -0.921. The lowest BCUT2D eigenvalue weighted by atomic mass is 10.1. The standard InChI is InChI=1S/C20H24N4O4/c25-20(14-21-18-2-1-3-19(12-18)24(26)27)22-13-16-4-6-17(7-5-16)15-23-8-10-28-11-9-23/h1-7,12,21H,8-11,13-15H2,(H,22,25)/p+1. The van der Waals surface area contributed by atoms with E-state index in [4.69, 9.17) is 4.74 Å². The van der Waals surface area contributed by atoms with Crippen LogP contribution in [0.1, 0.15) is 11.1 Å². The number of carbonyl (C=O) groups is 1. The van der Waals surface area contributed by atoms with Crippen molar-refractivity contribution < 1.29 is 19.4 Å². The van der Waals surface area contributed by atoms with Crippen LogP contribution < -0.4 is 15.5 Å². The van der Waals surface area contributed by atoms with Crippen molar-refractivity contribution in [1.82, 2.24) is 5.32 Å². The van der Waals surface area contributed by atoms with Crippen LogP contribution in [0.25, 0.3) is 0 Å². The van der Waals surface area contributed by atoms with Gasteiger partial charge in [-0.2, -0.15) is 0 Å². The van der Waals surface area contributed by atoms with Crippen LogP contribution in [0.5, 0.6) is 0 Å². The molecule has 1 aliphatic rings. The van der Waals surface area contributed by atoms with Crippen LogP contribution in [-0.4, -0.2) is 43.7 Å². The molecule has 1 fully saturated rings. The SMILES string of the molecule is O=C(CNc1cccc([N+](=O)[O-])c1)NCc1ccc(C[NH+]2CCOCC2)cc1. The number of nitrogens with zero attached hydrogens (tertiary/aromatic N) is 1. The molecule has 8 heteroatoms. The molecule has 1 saturated heterocycles. The molecule has 0 bridgehead atoms. The lowest BCUT2D eigenvalue weighted by Crippen LogP contribution is -3.12. The van der Waals surface area contributed by atoms with Crippen LogP contribution in [0.4, 0.5) is 11.4 Å². The number of hydrogen-bond acceptors (Lipinski definition) is 5. The Morgan fingerprint density at radius 1 is 1.11 bits per heavy atom. The van der Waals surface area contributed by atoms with Gasteiger partial charge in [-0.1, -0.05) is 30.3 Å². The van der Waals surface area contributed by atoms with Gasteiger partial charge in [0.15, 0.2) is 0 Å². The maximum Gasteiger partial charge on any atom is 0.271 e. The Bertz CT molecular complexity index is 804. The van der Waals surface area contributed by atoms with Crippen molar-refractivity contribution >= 4 is 17.3 Å². The molecule has 2 aromatic rings. The molecule has 0 radical (unpaired) electrons. The molecule has 0 saturated carbocycles. The second-order valence-corrected chi connectivity index (χ2v) is 6.79. The quantitative estimate of drug-likeness (QED) is 0.460. The molecule has 0 aromatic heterocycles. The fourth-order valence-corrected chi connectivity index (χ4v) is 3.08. The summed E-state index contributed by atoms with van der Waals surface area (Å²) in [6.45, 7) is 5.21. The van der Waals surface area contributed by atoms with Gasteiger partial charge >= 0.3 is 0 Å². The number of amides is 1. The number of hydrogen-bond donors (Lipinski definition) is 3. The van der Waals surface area contributed by atoms with E-state index in [1.54, 1.807) is 12.1 Å². The van der Waals surface area contributed by atoms with Gasteiger partial charge in [0.1, 0.15) is 19.6 Å². The normalized spacial score (nSPS) is 14.4. The predicted octanol–water partition coefficient (Wildman–Crippen LogP) is 0.738. The summed E-state index contributed by atoms with van der Waals surface area (Å²) in [6.07, 6.45) is 0. The molecule has 0 atom stereocenters. The molecule has 1 amide bonds. The van der Waals surface area contributed by atoms with Gasteiger partial charge in [-0.3, -0.25) is 14.9 Å². The average Bonchev–Trinajstić information content (AvgIpc) is 2.73. The first-order valence-electron chi connectivity index (χ1n) is 9.34. The van der Waals surface area contributed by atoms with Gasteiger partial charge in [0, 0.05) is 29.9 Å². The van der Waals surface area contributed by atoms with Crippen LogP contribution in [-0.2, 0) is 22.6 Å². The van der Waals surface area contributed by atoms with Gasteiger partial charge in [-0.05, 0) is 11.6 Å². The minimum atomic E-state index is -0.463. The molecular formula is C20H25N4O4+. The van der Waals surface area contributed by atoms with Crippen molar-refractivity contribution in [2.24, 2.45) is 0 Å². The number of non-ortho nitro benzene ring substituents is 1. The zero-order valence-corrected chi connectivity index (χ0v) is 15.6. The molecule has 1 heterocycles. The zero-order valence-electron chi connectivity index (χ0n) is 15.6. The third kappa shape index (κ3) is 6.04. The summed E-state index contributed by atoms with van der Waals surface area (Å²) < 4.78 is 5.38. The second-order valence-electron chi connectivity index (χ2n) is 6.79. The Morgan fingerprint density at radius 3 is 2.54 bits per heavy atom. The Labute approximate surface area is 163 Å². The van der Waals surface area contributed by atoms with Crippen molar-refractivity contribution in [1.29, 1.82) is 0 Å². The summed E-state index contributed by atoms with van der Waals surface area (Å²) >= 11 is 0. The number of nitro groups is 1. The molecule has 0 aliphatic carbocycles. The van der Waals surface area contributed by atoms with Gasteiger partial charge in [0.2, 0.25) is 5.91 Å². The van der Waals surface area contributed by atoms with Gasteiger partial charge in [0.25, 0.3) is 5.69 Å². The molecule has 0 spiro atoms. The zero-order chi connectivity index (χ0) is 19.8. The van der Waals surface area contributed by atoms with Crippen molar-refractivity contribution in [2.45, 2.75) is 13.1 Å². The Hall–Kier alpha value is -2.97. The number of anilines is 1. The molecule has 28 heavy (non-hydrogen) atoms. The van der Waals surface area contributed by atoms with Gasteiger partial charge in [-0.15, -0.1) is 0 Å². The van der Waals surface area contributed by atoms with Gasteiger partial charge in [0.05, 0.1) is 24.7 Å². The smallest absolute Gasteiger partial charge is 0.271 e. The van der Waals surface area contributed by atoms with E-state index in [1.165, 1.54) is 22.6 Å². The summed E-state index contributed by atoms with van der Waals surface area (Å²) in [4.78, 5) is 23.9. The Kier molecular flexibility index (Phi) is 6.94. The Morgan fingerprint density at radius 2 is 1.82 bits per heavy atom. The van der Waals surface area contributed by atoms with Crippen LogP contribution in [0.15, 0.2) is 48.5 Å². The van der Waals surface area contributed by atoms with E-state index in [0.717, 1.165) is 38.4 Å². The highest BCUT2D eigenvalue weighted by atomic mass is 16.6. The molecule has 3 rings (SSSR count). The van der Waals surface area contributed by atoms with E-state index < -0.39 is 4.92 Å². The molecule has 148 valence electrons. The average molecular weight is 385 g/mol. The number of rotatable bonds is 8. The van der Waals surface area contributed by atoms with Crippen LogP contribution in [0, 0.1) is 10.1 Å². The van der Waals surface area contributed by atoms with E-state index in [0.29, 0.717) is 12.2 Å². The van der Waals surface area contributed by atoms with E-state index in [2.05, 4.69) is 22.8 Å². The lowest BCUT2D eigenvalue weighted by Gasteiger charge is -2.23. The summed E-state index contributed by atoms with van der Waals surface area (Å²) in [5.74, 6) is -0.173. The number of nitro benzene ring substituents is 1. The molecule has 0 unspecified atom stereocenters. The molecule has 8 nitrogen and oxygen atoms in total. The van der Waals surface area contributed by atoms with Crippen molar-refractivity contribution in [3.8, 4) is 0 Å². The highest BCUT2D eigenvalue weighted by Gasteiger charge is 2.14. The first kappa shape index (κ1) is 19.8. The van der Waals surface area contributed by atoms with Gasteiger partial charge < -0.3 is 20.3 Å². The number of carbonyl (C=O) groups excluding carboxylic acids is 1. The number of ether oxygens (including phenoxy) is 1. The summed E-state index contributed by atoms with van der Waals surface area (Å²) in [5, 5.41) is 16.5. The van der Waals surface area contributed by atoms with Crippen LogP contribution in [0.3, 0.4) is 0 Å². The first-order valence-corrected chi connectivity index (χ1v) is 9.34. The summed E-state index contributed by atoms with van der Waals surface area (Å²) in [6, 6.07) is 14.4. The van der Waals surface area contributed by atoms with E-state index >= 15 is 0 Å². The summed E-state index contributed by atoms with van der Waals surface area (Å²) in [5.41, 5.74) is 2.84. The third-order valence-electron chi connectivity index (χ3n) is 4.68. The molecular weight excluding hydrogens is 360 g/mol. The highest BCUT2D eigenvalue weighted by molar-refractivity contribution is 5.80. The fourth-order valence-electron chi connectivity index (χ4n) is 3.08.